The van der Waals surface area contributed by atoms with Gasteiger partial charge in [-0.25, -0.2) is 8.42 Å². The van der Waals surface area contributed by atoms with Crippen LogP contribution in [0.2, 0.25) is 0 Å². The number of ether oxygens (including phenoxy) is 1. The molecule has 0 atom stereocenters. The van der Waals surface area contributed by atoms with Crippen molar-refractivity contribution < 1.29 is 17.9 Å². The van der Waals surface area contributed by atoms with E-state index in [0.717, 1.165) is 11.3 Å². The Morgan fingerprint density at radius 1 is 0.929 bits per heavy atom. The van der Waals surface area contributed by atoms with Gasteiger partial charge in [-0.05, 0) is 48.0 Å². The van der Waals surface area contributed by atoms with E-state index in [1.807, 2.05) is 24.3 Å². The number of nitrogens with one attached hydrogen (secondary N) is 2. The molecule has 0 unspecified atom stereocenters. The van der Waals surface area contributed by atoms with Crippen molar-refractivity contribution in [2.45, 2.75) is 11.4 Å². The lowest BCUT2D eigenvalue weighted by Crippen LogP contribution is -2.23. The number of rotatable bonds is 7. The summed E-state index contributed by atoms with van der Waals surface area (Å²) in [6.45, 7) is 0.350. The van der Waals surface area contributed by atoms with Gasteiger partial charge in [0.25, 0.3) is 15.9 Å². The van der Waals surface area contributed by atoms with Crippen molar-refractivity contribution in [3.05, 3.63) is 90.0 Å². The van der Waals surface area contributed by atoms with E-state index in [4.69, 9.17) is 4.74 Å². The van der Waals surface area contributed by atoms with Gasteiger partial charge in [-0.2, -0.15) is 0 Å². The molecule has 0 aliphatic heterocycles. The molecule has 0 aliphatic carbocycles. The monoisotopic (exact) mass is 396 g/mol. The molecule has 6 nitrogen and oxygen atoms in total. The number of carbonyl (C=O) groups is 1. The summed E-state index contributed by atoms with van der Waals surface area (Å²) < 4.78 is 32.4. The van der Waals surface area contributed by atoms with Crippen molar-refractivity contribution in [1.29, 1.82) is 0 Å². The topological polar surface area (TPSA) is 84.5 Å². The maximum absolute atomic E-state index is 12.4. The van der Waals surface area contributed by atoms with E-state index in [0.29, 0.717) is 17.8 Å². The van der Waals surface area contributed by atoms with Gasteiger partial charge in [-0.3, -0.25) is 9.52 Å². The fourth-order valence-corrected chi connectivity index (χ4v) is 3.64. The first-order chi connectivity index (χ1) is 13.5. The maximum atomic E-state index is 12.4. The Labute approximate surface area is 164 Å². The van der Waals surface area contributed by atoms with Crippen LogP contribution in [0.4, 0.5) is 5.69 Å². The molecule has 7 heteroatoms. The van der Waals surface area contributed by atoms with Crippen molar-refractivity contribution >= 4 is 21.6 Å². The first kappa shape index (κ1) is 19.4. The predicted molar refractivity (Wildman–Crippen MR) is 108 cm³/mol. The van der Waals surface area contributed by atoms with Gasteiger partial charge < -0.3 is 10.1 Å². The number of hydrogen-bond acceptors (Lipinski definition) is 4. The average molecular weight is 396 g/mol. The molecular weight excluding hydrogens is 376 g/mol. The fraction of sp³-hybridized carbons (Fsp3) is 0.0952. The molecule has 0 saturated carbocycles. The second-order valence-electron chi connectivity index (χ2n) is 6.03. The van der Waals surface area contributed by atoms with Gasteiger partial charge >= 0.3 is 0 Å². The molecule has 3 aromatic rings. The zero-order chi connectivity index (χ0) is 20.0. The summed E-state index contributed by atoms with van der Waals surface area (Å²) in [4.78, 5) is 12.6. The highest BCUT2D eigenvalue weighted by Crippen LogP contribution is 2.17. The summed E-state index contributed by atoms with van der Waals surface area (Å²) in [5.74, 6) is 0.449. The summed E-state index contributed by atoms with van der Waals surface area (Å²) in [6, 6.07) is 21.8. The molecule has 0 radical (unpaired) electrons. The Morgan fingerprint density at radius 2 is 1.64 bits per heavy atom. The molecule has 0 fully saturated rings. The summed E-state index contributed by atoms with van der Waals surface area (Å²) in [6.07, 6.45) is 0. The number of benzene rings is 3. The van der Waals surface area contributed by atoms with E-state index in [1.165, 1.54) is 18.2 Å². The van der Waals surface area contributed by atoms with Crippen LogP contribution in [0, 0.1) is 0 Å². The third-order valence-electron chi connectivity index (χ3n) is 4.04. The molecule has 0 aromatic heterocycles. The lowest BCUT2D eigenvalue weighted by molar-refractivity contribution is 0.0951. The first-order valence-corrected chi connectivity index (χ1v) is 10.1. The highest BCUT2D eigenvalue weighted by molar-refractivity contribution is 7.92. The SMILES string of the molecule is COc1ccc(CNC(=O)c2cccc(NS(=O)(=O)c3ccccc3)c2)cc1. The van der Waals surface area contributed by atoms with Crippen LogP contribution >= 0.6 is 0 Å². The molecule has 2 N–H and O–H groups in total. The molecular formula is C21H20N2O4S. The maximum Gasteiger partial charge on any atom is 0.261 e. The second-order valence-corrected chi connectivity index (χ2v) is 7.71. The molecule has 0 aliphatic rings. The van der Waals surface area contributed by atoms with Crippen molar-refractivity contribution in [2.24, 2.45) is 0 Å². The van der Waals surface area contributed by atoms with Gasteiger partial charge in [0, 0.05) is 17.8 Å². The summed E-state index contributed by atoms with van der Waals surface area (Å²) in [7, 11) is -2.12. The Bertz CT molecular complexity index is 1050. The third kappa shape index (κ3) is 4.89. The molecule has 3 aromatic carbocycles. The van der Waals surface area contributed by atoms with E-state index in [2.05, 4.69) is 10.0 Å². The molecule has 3 rings (SSSR count). The minimum Gasteiger partial charge on any atom is -0.497 e. The number of carbonyl (C=O) groups excluding carboxylic acids is 1. The fourth-order valence-electron chi connectivity index (χ4n) is 2.57. The number of anilines is 1. The normalized spacial score (nSPS) is 10.9. The highest BCUT2D eigenvalue weighted by atomic mass is 32.2. The lowest BCUT2D eigenvalue weighted by Gasteiger charge is -2.10. The first-order valence-electron chi connectivity index (χ1n) is 8.57. The van der Waals surface area contributed by atoms with Gasteiger partial charge in [0.15, 0.2) is 0 Å². The molecule has 1 amide bonds. The smallest absolute Gasteiger partial charge is 0.261 e. The Morgan fingerprint density at radius 3 is 2.32 bits per heavy atom. The van der Waals surface area contributed by atoms with Crippen LogP contribution in [0.5, 0.6) is 5.75 Å². The largest absolute Gasteiger partial charge is 0.497 e. The summed E-state index contributed by atoms with van der Waals surface area (Å²) in [5.41, 5.74) is 1.61. The summed E-state index contributed by atoms with van der Waals surface area (Å²) >= 11 is 0. The van der Waals surface area contributed by atoms with Gasteiger partial charge in [0.2, 0.25) is 0 Å². The number of amides is 1. The number of hydrogen-bond donors (Lipinski definition) is 2. The van der Waals surface area contributed by atoms with Gasteiger partial charge in [0.1, 0.15) is 5.75 Å². The van der Waals surface area contributed by atoms with Crippen LogP contribution in [-0.4, -0.2) is 21.4 Å². The van der Waals surface area contributed by atoms with Crippen molar-refractivity contribution in [3.8, 4) is 5.75 Å². The average Bonchev–Trinajstić information content (AvgIpc) is 2.73. The molecule has 0 saturated heterocycles. The quantitative estimate of drug-likeness (QED) is 0.641. The van der Waals surface area contributed by atoms with E-state index in [1.54, 1.807) is 43.5 Å². The summed E-state index contributed by atoms with van der Waals surface area (Å²) in [5, 5.41) is 2.82. The number of sulfonamides is 1. The third-order valence-corrected chi connectivity index (χ3v) is 5.44. The minimum absolute atomic E-state index is 0.157. The van der Waals surface area contributed by atoms with Crippen LogP contribution < -0.4 is 14.8 Å². The van der Waals surface area contributed by atoms with Crippen LogP contribution in [-0.2, 0) is 16.6 Å². The van der Waals surface area contributed by atoms with Crippen molar-refractivity contribution in [1.82, 2.24) is 5.32 Å². The van der Waals surface area contributed by atoms with Gasteiger partial charge in [-0.15, -0.1) is 0 Å². The zero-order valence-electron chi connectivity index (χ0n) is 15.3. The van der Waals surface area contributed by atoms with Crippen molar-refractivity contribution in [2.75, 3.05) is 11.8 Å². The molecule has 0 spiro atoms. The van der Waals surface area contributed by atoms with Crippen LogP contribution in [0.1, 0.15) is 15.9 Å². The molecule has 0 bridgehead atoms. The van der Waals surface area contributed by atoms with E-state index in [-0.39, 0.29) is 10.8 Å². The van der Waals surface area contributed by atoms with Crippen LogP contribution in [0.25, 0.3) is 0 Å². The molecule has 0 heterocycles. The predicted octanol–water partition coefficient (Wildman–Crippen LogP) is 3.43. The van der Waals surface area contributed by atoms with Crippen molar-refractivity contribution in [3.63, 3.8) is 0 Å². The lowest BCUT2D eigenvalue weighted by atomic mass is 10.1. The minimum atomic E-state index is -3.71. The highest BCUT2D eigenvalue weighted by Gasteiger charge is 2.14. The van der Waals surface area contributed by atoms with Gasteiger partial charge in [0.05, 0.1) is 12.0 Å². The van der Waals surface area contributed by atoms with Gasteiger partial charge in [-0.1, -0.05) is 36.4 Å². The van der Waals surface area contributed by atoms with E-state index < -0.39 is 10.0 Å². The zero-order valence-corrected chi connectivity index (χ0v) is 16.1. The Balaban J connectivity index is 1.67. The number of methoxy groups -OCH3 is 1. The molecule has 28 heavy (non-hydrogen) atoms. The standard InChI is InChI=1S/C21H20N2O4S/c1-27-19-12-10-16(11-13-19)15-22-21(24)17-6-5-7-18(14-17)23-28(25,26)20-8-3-2-4-9-20/h2-14,23H,15H2,1H3,(H,22,24). The van der Waals surface area contributed by atoms with E-state index in [9.17, 15) is 13.2 Å². The van der Waals surface area contributed by atoms with Crippen LogP contribution in [0.15, 0.2) is 83.8 Å². The Kier molecular flexibility index (Phi) is 5.96. The Hall–Kier alpha value is -3.32. The second kappa shape index (κ2) is 8.58. The van der Waals surface area contributed by atoms with Crippen LogP contribution in [0.3, 0.4) is 0 Å². The van der Waals surface area contributed by atoms with E-state index >= 15 is 0 Å². The molecule has 144 valence electrons.